The minimum absolute atomic E-state index is 0.337. The van der Waals surface area contributed by atoms with Gasteiger partial charge in [-0.15, -0.1) is 0 Å². The number of hydrogen-bond acceptors (Lipinski definition) is 4. The molecular weight excluding hydrogens is 288 g/mol. The normalized spacial score (nSPS) is 10.3. The largest absolute Gasteiger partial charge is 0.465 e. The van der Waals surface area contributed by atoms with Crippen LogP contribution in [0.2, 0.25) is 5.02 Å². The number of carbonyl (C=O) groups is 1. The van der Waals surface area contributed by atoms with Crippen molar-refractivity contribution in [3.05, 3.63) is 52.0 Å². The van der Waals surface area contributed by atoms with Crippen molar-refractivity contribution in [2.75, 3.05) is 18.2 Å². The Morgan fingerprint density at radius 1 is 1.24 bits per heavy atom. The van der Waals surface area contributed by atoms with Gasteiger partial charge >= 0.3 is 5.97 Å². The standard InChI is InChI=1S/C16H17ClN2O2/c1-9-4-5-13(17)14(6-9)19-11-7-10(2)15(18)12(8-11)16(20)21-3/h4-8,19H,18H2,1-3H3. The maximum Gasteiger partial charge on any atom is 0.340 e. The van der Waals surface area contributed by atoms with Crippen LogP contribution in [0.25, 0.3) is 0 Å². The predicted molar refractivity (Wildman–Crippen MR) is 86.4 cm³/mol. The number of esters is 1. The Morgan fingerprint density at radius 3 is 2.62 bits per heavy atom. The molecule has 0 aliphatic heterocycles. The first-order chi connectivity index (χ1) is 9.92. The molecule has 0 amide bonds. The van der Waals surface area contributed by atoms with E-state index in [0.29, 0.717) is 16.3 Å². The first-order valence-electron chi connectivity index (χ1n) is 6.44. The lowest BCUT2D eigenvalue weighted by molar-refractivity contribution is 0.0602. The zero-order valence-corrected chi connectivity index (χ0v) is 12.9. The van der Waals surface area contributed by atoms with Gasteiger partial charge in [0.25, 0.3) is 0 Å². The van der Waals surface area contributed by atoms with Gasteiger partial charge in [0, 0.05) is 11.4 Å². The van der Waals surface area contributed by atoms with Crippen LogP contribution >= 0.6 is 11.6 Å². The number of hydrogen-bond donors (Lipinski definition) is 2. The van der Waals surface area contributed by atoms with Gasteiger partial charge in [-0.25, -0.2) is 4.79 Å². The van der Waals surface area contributed by atoms with Gasteiger partial charge in [0.05, 0.1) is 23.4 Å². The van der Waals surface area contributed by atoms with Crippen LogP contribution in [-0.4, -0.2) is 13.1 Å². The van der Waals surface area contributed by atoms with E-state index >= 15 is 0 Å². The maximum atomic E-state index is 11.8. The van der Waals surface area contributed by atoms with Gasteiger partial charge in [-0.05, 0) is 49.2 Å². The number of nitrogen functional groups attached to an aromatic ring is 1. The number of halogens is 1. The van der Waals surface area contributed by atoms with Gasteiger partial charge in [0.1, 0.15) is 0 Å². The highest BCUT2D eigenvalue weighted by Gasteiger charge is 2.14. The van der Waals surface area contributed by atoms with Crippen molar-refractivity contribution in [3.8, 4) is 0 Å². The van der Waals surface area contributed by atoms with E-state index in [0.717, 1.165) is 22.5 Å². The molecule has 4 nitrogen and oxygen atoms in total. The molecule has 0 heterocycles. The average molecular weight is 305 g/mol. The Kier molecular flexibility index (Phi) is 4.38. The van der Waals surface area contributed by atoms with Crippen molar-refractivity contribution < 1.29 is 9.53 Å². The van der Waals surface area contributed by atoms with E-state index < -0.39 is 5.97 Å². The Balaban J connectivity index is 2.43. The average Bonchev–Trinajstić information content (AvgIpc) is 2.45. The zero-order chi connectivity index (χ0) is 15.6. The molecule has 0 aliphatic rings. The number of anilines is 3. The highest BCUT2D eigenvalue weighted by molar-refractivity contribution is 6.33. The second kappa shape index (κ2) is 6.06. The number of rotatable bonds is 3. The van der Waals surface area contributed by atoms with Crippen molar-refractivity contribution in [2.45, 2.75) is 13.8 Å². The fourth-order valence-corrected chi connectivity index (χ4v) is 2.20. The van der Waals surface area contributed by atoms with Gasteiger partial charge < -0.3 is 15.8 Å². The smallest absolute Gasteiger partial charge is 0.340 e. The summed E-state index contributed by atoms with van der Waals surface area (Å²) in [6, 6.07) is 9.21. The molecule has 0 unspecified atom stereocenters. The van der Waals surface area contributed by atoms with Crippen molar-refractivity contribution in [1.82, 2.24) is 0 Å². The van der Waals surface area contributed by atoms with E-state index in [-0.39, 0.29) is 0 Å². The van der Waals surface area contributed by atoms with Crippen molar-refractivity contribution >= 4 is 34.6 Å². The van der Waals surface area contributed by atoms with E-state index in [9.17, 15) is 4.79 Å². The number of aryl methyl sites for hydroxylation is 2. The van der Waals surface area contributed by atoms with Crippen LogP contribution in [0.4, 0.5) is 17.1 Å². The molecule has 0 saturated carbocycles. The second-order valence-corrected chi connectivity index (χ2v) is 5.26. The summed E-state index contributed by atoms with van der Waals surface area (Å²) in [6.07, 6.45) is 0. The van der Waals surface area contributed by atoms with Crippen LogP contribution in [0.3, 0.4) is 0 Å². The van der Waals surface area contributed by atoms with Crippen LogP contribution in [-0.2, 0) is 4.74 Å². The highest BCUT2D eigenvalue weighted by Crippen LogP contribution is 2.29. The molecule has 5 heteroatoms. The first kappa shape index (κ1) is 15.2. The summed E-state index contributed by atoms with van der Waals surface area (Å²) in [5.41, 5.74) is 10.1. The maximum absolute atomic E-state index is 11.8. The van der Waals surface area contributed by atoms with E-state index in [4.69, 9.17) is 22.1 Å². The molecule has 3 N–H and O–H groups in total. The number of carbonyl (C=O) groups excluding carboxylic acids is 1. The number of benzene rings is 2. The number of nitrogens with one attached hydrogen (secondary N) is 1. The lowest BCUT2D eigenvalue weighted by Gasteiger charge is -2.13. The minimum Gasteiger partial charge on any atom is -0.465 e. The summed E-state index contributed by atoms with van der Waals surface area (Å²) >= 11 is 6.17. The Morgan fingerprint density at radius 2 is 1.95 bits per heavy atom. The van der Waals surface area contributed by atoms with Crippen LogP contribution in [0, 0.1) is 13.8 Å². The zero-order valence-electron chi connectivity index (χ0n) is 12.2. The predicted octanol–water partition coefficient (Wildman–Crippen LogP) is 4.07. The summed E-state index contributed by atoms with van der Waals surface area (Å²) in [5, 5.41) is 3.81. The van der Waals surface area contributed by atoms with Crippen LogP contribution in [0.5, 0.6) is 0 Å². The van der Waals surface area contributed by atoms with Gasteiger partial charge in [-0.3, -0.25) is 0 Å². The van der Waals surface area contributed by atoms with Crippen molar-refractivity contribution in [2.24, 2.45) is 0 Å². The molecule has 2 aromatic carbocycles. The quantitative estimate of drug-likeness (QED) is 0.663. The molecule has 2 aromatic rings. The molecule has 0 aliphatic carbocycles. The minimum atomic E-state index is -0.463. The molecule has 21 heavy (non-hydrogen) atoms. The third kappa shape index (κ3) is 3.28. The van der Waals surface area contributed by atoms with Gasteiger partial charge in [0.15, 0.2) is 0 Å². The summed E-state index contributed by atoms with van der Waals surface area (Å²) in [7, 11) is 1.33. The number of ether oxygens (including phenoxy) is 1. The second-order valence-electron chi connectivity index (χ2n) is 4.85. The molecule has 110 valence electrons. The number of nitrogens with two attached hydrogens (primary N) is 1. The SMILES string of the molecule is COC(=O)c1cc(Nc2cc(C)ccc2Cl)cc(C)c1N. The Labute approximate surface area is 128 Å². The first-order valence-corrected chi connectivity index (χ1v) is 6.81. The molecule has 0 saturated heterocycles. The van der Waals surface area contributed by atoms with Crippen LogP contribution in [0.1, 0.15) is 21.5 Å². The van der Waals surface area contributed by atoms with Gasteiger partial charge in [-0.2, -0.15) is 0 Å². The van der Waals surface area contributed by atoms with Gasteiger partial charge in [0.2, 0.25) is 0 Å². The summed E-state index contributed by atoms with van der Waals surface area (Å²) in [5.74, 6) is -0.463. The number of methoxy groups -OCH3 is 1. The third-order valence-corrected chi connectivity index (χ3v) is 3.52. The Bertz CT molecular complexity index is 699. The molecule has 0 aromatic heterocycles. The van der Waals surface area contributed by atoms with Crippen molar-refractivity contribution in [1.29, 1.82) is 0 Å². The molecule has 2 rings (SSSR count). The van der Waals surface area contributed by atoms with E-state index in [2.05, 4.69) is 5.32 Å². The molecule has 0 spiro atoms. The monoisotopic (exact) mass is 304 g/mol. The summed E-state index contributed by atoms with van der Waals surface area (Å²) in [4.78, 5) is 11.8. The Hall–Kier alpha value is -2.20. The van der Waals surface area contributed by atoms with E-state index in [1.54, 1.807) is 6.07 Å². The lowest BCUT2D eigenvalue weighted by atomic mass is 10.1. The summed E-state index contributed by atoms with van der Waals surface area (Å²) < 4.78 is 4.75. The van der Waals surface area contributed by atoms with Crippen molar-refractivity contribution in [3.63, 3.8) is 0 Å². The highest BCUT2D eigenvalue weighted by atomic mass is 35.5. The third-order valence-electron chi connectivity index (χ3n) is 3.19. The van der Waals surface area contributed by atoms with Crippen LogP contribution < -0.4 is 11.1 Å². The van der Waals surface area contributed by atoms with Crippen LogP contribution in [0.15, 0.2) is 30.3 Å². The lowest BCUT2D eigenvalue weighted by Crippen LogP contribution is -2.08. The topological polar surface area (TPSA) is 64.3 Å². The molecule has 0 radical (unpaired) electrons. The van der Waals surface area contributed by atoms with E-state index in [1.807, 2.05) is 38.1 Å². The molecular formula is C16H17ClN2O2. The fourth-order valence-electron chi connectivity index (χ4n) is 2.04. The fraction of sp³-hybridized carbons (Fsp3) is 0.188. The van der Waals surface area contributed by atoms with E-state index in [1.165, 1.54) is 7.11 Å². The molecule has 0 bridgehead atoms. The van der Waals surface area contributed by atoms with Gasteiger partial charge in [-0.1, -0.05) is 17.7 Å². The molecule has 0 atom stereocenters. The molecule has 0 fully saturated rings. The summed E-state index contributed by atoms with van der Waals surface area (Å²) in [6.45, 7) is 3.82.